The molecule has 134 valence electrons. The molecular weight excluding hydrogens is 340 g/mol. The fourth-order valence-electron chi connectivity index (χ4n) is 3.29. The summed E-state index contributed by atoms with van der Waals surface area (Å²) in [5.74, 6) is 1.16. The van der Waals surface area contributed by atoms with E-state index in [2.05, 4.69) is 6.58 Å². The van der Waals surface area contributed by atoms with Gasteiger partial charge in [-0.25, -0.2) is 0 Å². The molecule has 0 bridgehead atoms. The van der Waals surface area contributed by atoms with E-state index in [0.29, 0.717) is 23.7 Å². The highest BCUT2D eigenvalue weighted by atomic mass is 16.5. The molecule has 2 aromatic carbocycles. The molecule has 0 spiro atoms. The summed E-state index contributed by atoms with van der Waals surface area (Å²) in [5.41, 5.74) is 3.95. The summed E-state index contributed by atoms with van der Waals surface area (Å²) in [5, 5.41) is 10.7. The minimum atomic E-state index is -0.119. The lowest BCUT2D eigenvalue weighted by Crippen LogP contribution is -2.01. The van der Waals surface area contributed by atoms with Gasteiger partial charge in [-0.3, -0.25) is 4.79 Å². The summed E-state index contributed by atoms with van der Waals surface area (Å²) in [6.45, 7) is 3.97. The van der Waals surface area contributed by atoms with Gasteiger partial charge in [0.15, 0.2) is 5.43 Å². The third-order valence-electron chi connectivity index (χ3n) is 4.49. The van der Waals surface area contributed by atoms with E-state index in [1.54, 1.807) is 18.2 Å². The zero-order chi connectivity index (χ0) is 18.8. The van der Waals surface area contributed by atoms with E-state index < -0.39 is 0 Å². The summed E-state index contributed by atoms with van der Waals surface area (Å²) in [6.07, 6.45) is 1.67. The van der Waals surface area contributed by atoms with Crippen LogP contribution in [-0.4, -0.2) is 11.7 Å². The topological polar surface area (TPSA) is 59.7 Å². The fourth-order valence-corrected chi connectivity index (χ4v) is 3.29. The van der Waals surface area contributed by atoms with Gasteiger partial charge in [-0.15, -0.1) is 0 Å². The Morgan fingerprint density at radius 3 is 2.70 bits per heavy atom. The lowest BCUT2D eigenvalue weighted by Gasteiger charge is -2.17. The highest BCUT2D eigenvalue weighted by molar-refractivity contribution is 6.02. The molecule has 0 aromatic heterocycles. The van der Waals surface area contributed by atoms with Gasteiger partial charge in [0.2, 0.25) is 0 Å². The molecule has 1 N–H and O–H groups in total. The Morgan fingerprint density at radius 1 is 1.04 bits per heavy atom. The van der Waals surface area contributed by atoms with Crippen molar-refractivity contribution in [3.8, 4) is 28.2 Å². The van der Waals surface area contributed by atoms with Crippen molar-refractivity contribution in [1.82, 2.24) is 0 Å². The first-order valence-electron chi connectivity index (χ1n) is 8.64. The number of hydrogen-bond donors (Lipinski definition) is 1. The summed E-state index contributed by atoms with van der Waals surface area (Å²) >= 11 is 0. The van der Waals surface area contributed by atoms with Gasteiger partial charge in [0.25, 0.3) is 0 Å². The lowest BCUT2D eigenvalue weighted by atomic mass is 9.91. The van der Waals surface area contributed by atoms with Gasteiger partial charge in [0.05, 0.1) is 6.61 Å². The van der Waals surface area contributed by atoms with Gasteiger partial charge < -0.3 is 14.3 Å². The van der Waals surface area contributed by atoms with Crippen LogP contribution in [0.1, 0.15) is 5.56 Å². The summed E-state index contributed by atoms with van der Waals surface area (Å²) in [6, 6.07) is 18.1. The smallest absolute Gasteiger partial charge is 0.182 e. The van der Waals surface area contributed by atoms with Crippen LogP contribution in [0.3, 0.4) is 0 Å². The predicted octanol–water partition coefficient (Wildman–Crippen LogP) is 4.62. The van der Waals surface area contributed by atoms with Gasteiger partial charge >= 0.3 is 0 Å². The van der Waals surface area contributed by atoms with Crippen molar-refractivity contribution in [1.29, 1.82) is 0 Å². The van der Waals surface area contributed by atoms with E-state index in [1.165, 1.54) is 12.1 Å². The average Bonchev–Trinajstić information content (AvgIpc) is 2.70. The number of aliphatic hydroxyl groups is 1. The van der Waals surface area contributed by atoms with E-state index >= 15 is 0 Å². The van der Waals surface area contributed by atoms with E-state index in [9.17, 15) is 9.90 Å². The number of rotatable bonds is 5. The maximum absolute atomic E-state index is 11.9. The number of fused-ring (bicyclic) bond motifs is 2. The zero-order valence-corrected chi connectivity index (χ0v) is 14.6. The van der Waals surface area contributed by atoms with Crippen molar-refractivity contribution >= 4 is 11.0 Å². The van der Waals surface area contributed by atoms with Crippen LogP contribution in [-0.2, 0) is 6.61 Å². The molecular formula is C23H18O4. The van der Waals surface area contributed by atoms with Gasteiger partial charge in [-0.1, -0.05) is 36.9 Å². The maximum Gasteiger partial charge on any atom is 0.182 e. The van der Waals surface area contributed by atoms with E-state index in [-0.39, 0.29) is 12.0 Å². The molecule has 0 atom stereocenters. The van der Waals surface area contributed by atoms with Crippen LogP contribution in [0.2, 0.25) is 0 Å². The largest absolute Gasteiger partial charge is 0.489 e. The maximum atomic E-state index is 11.9. The van der Waals surface area contributed by atoms with Gasteiger partial charge in [-0.05, 0) is 35.4 Å². The molecule has 0 fully saturated rings. The van der Waals surface area contributed by atoms with Crippen LogP contribution >= 0.6 is 0 Å². The third kappa shape index (κ3) is 3.11. The van der Waals surface area contributed by atoms with E-state index in [1.807, 2.05) is 36.4 Å². The highest BCUT2D eigenvalue weighted by Crippen LogP contribution is 2.41. The minimum absolute atomic E-state index is 0.0780. The summed E-state index contributed by atoms with van der Waals surface area (Å²) < 4.78 is 11.6. The Bertz CT molecular complexity index is 1160. The van der Waals surface area contributed by atoms with E-state index in [4.69, 9.17) is 9.15 Å². The Hall–Kier alpha value is -3.37. The van der Waals surface area contributed by atoms with Gasteiger partial charge in [0, 0.05) is 28.6 Å². The second kappa shape index (κ2) is 7.09. The Morgan fingerprint density at radius 2 is 1.89 bits per heavy atom. The molecule has 4 nitrogen and oxygen atoms in total. The van der Waals surface area contributed by atoms with Crippen molar-refractivity contribution in [2.24, 2.45) is 0 Å². The summed E-state index contributed by atoms with van der Waals surface area (Å²) in [4.78, 5) is 11.9. The van der Waals surface area contributed by atoms with Crippen molar-refractivity contribution in [2.75, 3.05) is 6.61 Å². The van der Waals surface area contributed by atoms with Crippen molar-refractivity contribution in [3.05, 3.63) is 89.1 Å². The second-order valence-electron chi connectivity index (χ2n) is 6.21. The molecule has 0 radical (unpaired) electrons. The third-order valence-corrected chi connectivity index (χ3v) is 4.49. The van der Waals surface area contributed by atoms with Crippen molar-refractivity contribution in [2.45, 2.75) is 6.61 Å². The first-order valence-corrected chi connectivity index (χ1v) is 8.64. The predicted molar refractivity (Wildman–Crippen MR) is 106 cm³/mol. The van der Waals surface area contributed by atoms with Gasteiger partial charge in [0.1, 0.15) is 23.7 Å². The molecule has 27 heavy (non-hydrogen) atoms. The SMILES string of the molecule is C=CCOc1ccc2c(-c3ccccc3CO)c3ccc(=O)cc-3oc2c1. The molecule has 0 saturated carbocycles. The van der Waals surface area contributed by atoms with Crippen molar-refractivity contribution < 1.29 is 14.3 Å². The second-order valence-corrected chi connectivity index (χ2v) is 6.21. The molecule has 4 rings (SSSR count). The minimum Gasteiger partial charge on any atom is -0.489 e. The van der Waals surface area contributed by atoms with Crippen LogP contribution in [0.25, 0.3) is 33.4 Å². The van der Waals surface area contributed by atoms with Crippen LogP contribution in [0.5, 0.6) is 5.75 Å². The first-order chi connectivity index (χ1) is 13.2. The molecule has 1 aliphatic carbocycles. The Balaban J connectivity index is 2.07. The molecule has 1 heterocycles. The quantitative estimate of drug-likeness (QED) is 0.418. The van der Waals surface area contributed by atoms with Crippen LogP contribution in [0.15, 0.2) is 82.5 Å². The normalized spacial score (nSPS) is 11.0. The number of ether oxygens (including phenoxy) is 1. The average molecular weight is 358 g/mol. The lowest BCUT2D eigenvalue weighted by molar-refractivity contribution is 0.282. The van der Waals surface area contributed by atoms with Crippen LogP contribution in [0.4, 0.5) is 0 Å². The van der Waals surface area contributed by atoms with Crippen LogP contribution < -0.4 is 10.2 Å². The monoisotopic (exact) mass is 358 g/mol. The highest BCUT2D eigenvalue weighted by Gasteiger charge is 2.19. The molecule has 4 heteroatoms. The van der Waals surface area contributed by atoms with Gasteiger partial charge in [-0.2, -0.15) is 0 Å². The standard InChI is InChI=1S/C23H18O4/c1-2-11-26-17-8-10-20-22(13-17)27-21-12-16(25)7-9-19(21)23(20)18-6-4-3-5-15(18)14-24/h2-10,12-13,24H,1,11,14H2. The number of aliphatic hydroxyl groups excluding tert-OH is 1. The molecule has 0 saturated heterocycles. The van der Waals surface area contributed by atoms with E-state index in [0.717, 1.165) is 27.6 Å². The van der Waals surface area contributed by atoms with Crippen molar-refractivity contribution in [3.63, 3.8) is 0 Å². The number of benzene rings is 3. The summed E-state index contributed by atoms with van der Waals surface area (Å²) in [7, 11) is 0. The zero-order valence-electron chi connectivity index (χ0n) is 14.6. The van der Waals surface area contributed by atoms with Crippen LogP contribution in [0, 0.1) is 0 Å². The first kappa shape index (κ1) is 17.1. The fraction of sp³-hybridized carbons (Fsp3) is 0.0870. The molecule has 1 aliphatic heterocycles. The Kier molecular flexibility index (Phi) is 4.48. The molecule has 0 unspecified atom stereocenters. The molecule has 0 amide bonds. The molecule has 2 aromatic rings. The number of hydrogen-bond acceptors (Lipinski definition) is 4. The molecule has 2 aliphatic rings. The Labute approximate surface area is 156 Å².